The largest absolute Gasteiger partial charge is 0.435 e. The first-order valence-electron chi connectivity index (χ1n) is 8.29. The van der Waals surface area contributed by atoms with Crippen molar-refractivity contribution in [2.45, 2.75) is 18.4 Å². The van der Waals surface area contributed by atoms with Crippen LogP contribution in [0.15, 0.2) is 48.7 Å². The van der Waals surface area contributed by atoms with Crippen LogP contribution in [0.2, 0.25) is 0 Å². The van der Waals surface area contributed by atoms with Gasteiger partial charge in [-0.2, -0.15) is 14.0 Å². The van der Waals surface area contributed by atoms with E-state index in [-0.39, 0.29) is 17.9 Å². The van der Waals surface area contributed by atoms with E-state index >= 15 is 0 Å². The summed E-state index contributed by atoms with van der Waals surface area (Å²) in [5.41, 5.74) is 0.0769. The van der Waals surface area contributed by atoms with Crippen LogP contribution in [0, 0.1) is 11.3 Å². The lowest BCUT2D eigenvalue weighted by molar-refractivity contribution is -0.124. The molecule has 1 aromatic carbocycles. The molecule has 0 radical (unpaired) electrons. The van der Waals surface area contributed by atoms with Gasteiger partial charge >= 0.3 is 6.61 Å². The summed E-state index contributed by atoms with van der Waals surface area (Å²) in [4.78, 5) is 13.9. The van der Waals surface area contributed by atoms with Crippen molar-refractivity contribution in [2.75, 3.05) is 18.8 Å². The minimum Gasteiger partial charge on any atom is -0.435 e. The van der Waals surface area contributed by atoms with Gasteiger partial charge in [0.25, 0.3) is 0 Å². The molecule has 0 saturated heterocycles. The molecule has 0 bridgehead atoms. The number of carbonyl (C=O) groups is 1. The second-order valence-electron chi connectivity index (χ2n) is 5.90. The molecule has 1 N–H and O–H groups in total. The molecule has 2 rings (SSSR count). The summed E-state index contributed by atoms with van der Waals surface area (Å²) in [6.07, 6.45) is 6.75. The van der Waals surface area contributed by atoms with Crippen LogP contribution in [0.4, 0.5) is 8.78 Å². The van der Waals surface area contributed by atoms with Gasteiger partial charge in [-0.1, -0.05) is 30.4 Å². The molecule has 28 heavy (non-hydrogen) atoms. The average Bonchev–Trinajstić information content (AvgIpc) is 2.66. The first-order chi connectivity index (χ1) is 13.3. The third kappa shape index (κ3) is 6.35. The van der Waals surface area contributed by atoms with Crippen molar-refractivity contribution in [3.8, 4) is 11.8 Å². The van der Waals surface area contributed by atoms with Crippen molar-refractivity contribution >= 4 is 15.7 Å². The molecule has 10 heteroatoms. The summed E-state index contributed by atoms with van der Waals surface area (Å²) in [5, 5.41) is 11.0. The molecule has 1 unspecified atom stereocenters. The highest BCUT2D eigenvalue weighted by Gasteiger charge is 2.30. The molecule has 1 aliphatic heterocycles. The molecule has 7 nitrogen and oxygen atoms in total. The summed E-state index contributed by atoms with van der Waals surface area (Å²) in [6.45, 7) is -3.02. The highest BCUT2D eigenvalue weighted by atomic mass is 32.2. The number of allylic oxidation sites excluding steroid dienone is 2. The SMILES string of the molecule is N#CCNC(=O)C(CS(=O)(=O)Cc1ccccc1OC(F)F)N1C=CC=CC1. The van der Waals surface area contributed by atoms with Gasteiger partial charge in [0, 0.05) is 18.3 Å². The number of nitriles is 1. The Bertz CT molecular complexity index is 894. The lowest BCUT2D eigenvalue weighted by atomic mass is 10.2. The van der Waals surface area contributed by atoms with Crippen molar-refractivity contribution in [2.24, 2.45) is 0 Å². The van der Waals surface area contributed by atoms with E-state index in [4.69, 9.17) is 5.26 Å². The number of nitrogens with zero attached hydrogens (tertiary/aromatic N) is 2. The Morgan fingerprint density at radius 1 is 1.32 bits per heavy atom. The number of hydrogen-bond acceptors (Lipinski definition) is 6. The van der Waals surface area contributed by atoms with Crippen LogP contribution < -0.4 is 10.1 Å². The number of halogens is 2. The number of hydrogen-bond donors (Lipinski definition) is 1. The molecule has 1 atom stereocenters. The molecule has 1 amide bonds. The fraction of sp³-hybridized carbons (Fsp3) is 0.333. The predicted octanol–water partition coefficient (Wildman–Crippen LogP) is 1.60. The Morgan fingerprint density at radius 2 is 2.07 bits per heavy atom. The van der Waals surface area contributed by atoms with Gasteiger partial charge in [0.1, 0.15) is 18.3 Å². The Hall–Kier alpha value is -2.93. The van der Waals surface area contributed by atoms with Gasteiger partial charge < -0.3 is 15.0 Å². The van der Waals surface area contributed by atoms with Crippen LogP contribution in [0.1, 0.15) is 5.56 Å². The van der Waals surface area contributed by atoms with Gasteiger partial charge in [0.05, 0.1) is 17.6 Å². The van der Waals surface area contributed by atoms with E-state index in [1.807, 2.05) is 0 Å². The number of benzene rings is 1. The van der Waals surface area contributed by atoms with Crippen molar-refractivity contribution in [3.63, 3.8) is 0 Å². The maximum atomic E-state index is 12.7. The van der Waals surface area contributed by atoms with Crippen LogP contribution in [0.25, 0.3) is 0 Å². The number of nitrogens with one attached hydrogen (secondary N) is 1. The third-order valence-corrected chi connectivity index (χ3v) is 5.44. The molecule has 0 saturated carbocycles. The zero-order valence-corrected chi connectivity index (χ0v) is 15.6. The normalized spacial score (nSPS) is 14.6. The number of amides is 1. The summed E-state index contributed by atoms with van der Waals surface area (Å²) in [5.74, 6) is -1.95. The lowest BCUT2D eigenvalue weighted by Gasteiger charge is -2.29. The van der Waals surface area contributed by atoms with Gasteiger partial charge in [-0.05, 0) is 12.1 Å². The van der Waals surface area contributed by atoms with E-state index in [9.17, 15) is 22.0 Å². The minimum atomic E-state index is -3.88. The standard InChI is InChI=1S/C18H19F2N3O4S/c19-18(20)27-16-7-3-2-6-14(16)12-28(25,26)13-15(17(24)22-9-8-21)23-10-4-1-5-11-23/h1-7,10,15,18H,9,11-13H2,(H,22,24). The second kappa shape index (κ2) is 9.85. The van der Waals surface area contributed by atoms with Crippen LogP contribution in [0.5, 0.6) is 5.75 Å². The van der Waals surface area contributed by atoms with E-state index in [1.165, 1.54) is 29.2 Å². The van der Waals surface area contributed by atoms with Gasteiger partial charge in [-0.25, -0.2) is 8.42 Å². The van der Waals surface area contributed by atoms with E-state index in [2.05, 4.69) is 10.1 Å². The van der Waals surface area contributed by atoms with E-state index < -0.39 is 39.9 Å². The molecule has 1 heterocycles. The molecular formula is C18H19F2N3O4S. The summed E-state index contributed by atoms with van der Waals surface area (Å²) >= 11 is 0. The molecule has 0 aliphatic carbocycles. The summed E-state index contributed by atoms with van der Waals surface area (Å²) in [7, 11) is -3.88. The molecule has 0 fully saturated rings. The maximum absolute atomic E-state index is 12.7. The molecule has 1 aliphatic rings. The van der Waals surface area contributed by atoms with Crippen LogP contribution >= 0.6 is 0 Å². The van der Waals surface area contributed by atoms with Gasteiger partial charge in [-0.15, -0.1) is 0 Å². The topological polar surface area (TPSA) is 99.5 Å². The first kappa shape index (κ1) is 21.4. The summed E-state index contributed by atoms with van der Waals surface area (Å²) in [6, 6.07) is 6.30. The van der Waals surface area contributed by atoms with Crippen LogP contribution in [-0.2, 0) is 20.4 Å². The first-order valence-corrected chi connectivity index (χ1v) is 10.1. The number of alkyl halides is 2. The van der Waals surface area contributed by atoms with E-state index in [0.717, 1.165) is 0 Å². The van der Waals surface area contributed by atoms with Crippen LogP contribution in [-0.4, -0.2) is 50.7 Å². The molecule has 0 aromatic heterocycles. The number of ether oxygens (including phenoxy) is 1. The predicted molar refractivity (Wildman–Crippen MR) is 98.0 cm³/mol. The average molecular weight is 411 g/mol. The molecular weight excluding hydrogens is 392 g/mol. The number of carbonyl (C=O) groups excluding carboxylic acids is 1. The third-order valence-electron chi connectivity index (χ3n) is 3.86. The highest BCUT2D eigenvalue weighted by Crippen LogP contribution is 2.23. The lowest BCUT2D eigenvalue weighted by Crippen LogP contribution is -2.49. The maximum Gasteiger partial charge on any atom is 0.387 e. The van der Waals surface area contributed by atoms with E-state index in [1.54, 1.807) is 30.5 Å². The fourth-order valence-corrected chi connectivity index (χ4v) is 4.30. The van der Waals surface area contributed by atoms with Crippen molar-refractivity contribution < 1.29 is 26.7 Å². The number of rotatable bonds is 9. The monoisotopic (exact) mass is 411 g/mol. The smallest absolute Gasteiger partial charge is 0.387 e. The number of sulfone groups is 1. The fourth-order valence-electron chi connectivity index (χ4n) is 2.65. The van der Waals surface area contributed by atoms with Gasteiger partial charge in [0.2, 0.25) is 5.91 Å². The van der Waals surface area contributed by atoms with Gasteiger partial charge in [0.15, 0.2) is 9.84 Å². The van der Waals surface area contributed by atoms with Crippen molar-refractivity contribution in [1.29, 1.82) is 5.26 Å². The van der Waals surface area contributed by atoms with Crippen molar-refractivity contribution in [1.82, 2.24) is 10.2 Å². The quantitative estimate of drug-likeness (QED) is 0.620. The second-order valence-corrected chi connectivity index (χ2v) is 8.01. The molecule has 0 spiro atoms. The Morgan fingerprint density at radius 3 is 2.71 bits per heavy atom. The zero-order chi connectivity index (χ0) is 20.6. The zero-order valence-electron chi connectivity index (χ0n) is 14.8. The van der Waals surface area contributed by atoms with E-state index in [0.29, 0.717) is 6.54 Å². The van der Waals surface area contributed by atoms with Gasteiger partial charge in [-0.3, -0.25) is 4.79 Å². The van der Waals surface area contributed by atoms with Crippen LogP contribution in [0.3, 0.4) is 0 Å². The highest BCUT2D eigenvalue weighted by molar-refractivity contribution is 7.90. The Labute approximate surface area is 161 Å². The number of para-hydroxylation sites is 1. The summed E-state index contributed by atoms with van der Waals surface area (Å²) < 4.78 is 54.9. The van der Waals surface area contributed by atoms with Crippen molar-refractivity contribution in [3.05, 3.63) is 54.3 Å². The Kier molecular flexibility index (Phi) is 7.52. The molecule has 1 aromatic rings. The minimum absolute atomic E-state index is 0.0769. The molecule has 150 valence electrons. The Balaban J connectivity index is 2.20.